The Balaban J connectivity index is 2.27. The van der Waals surface area contributed by atoms with Gasteiger partial charge in [-0.25, -0.2) is 4.39 Å². The second-order valence-corrected chi connectivity index (χ2v) is 6.56. The number of benzene rings is 1. The van der Waals surface area contributed by atoms with E-state index < -0.39 is 0 Å². The average molecular weight is 353 g/mol. The summed E-state index contributed by atoms with van der Waals surface area (Å²) in [6.07, 6.45) is 1.99. The molecule has 0 saturated heterocycles. The molecule has 0 aliphatic carbocycles. The molecule has 2 N–H and O–H groups in total. The number of hydrogen-bond donors (Lipinski definition) is 2. The summed E-state index contributed by atoms with van der Waals surface area (Å²) in [6.45, 7) is 7.67. The largest absolute Gasteiger partial charge is 0.382 e. The first kappa shape index (κ1) is 21.4. The molecule has 0 radical (unpaired) electrons. The van der Waals surface area contributed by atoms with Crippen molar-refractivity contribution in [2.75, 3.05) is 47.1 Å². The van der Waals surface area contributed by atoms with Crippen LogP contribution in [0, 0.1) is 5.82 Å². The Hall–Kier alpha value is -1.66. The van der Waals surface area contributed by atoms with E-state index in [0.717, 1.165) is 37.5 Å². The molecule has 0 bridgehead atoms. The molecule has 1 rings (SSSR count). The van der Waals surface area contributed by atoms with E-state index in [2.05, 4.69) is 29.5 Å². The first-order valence-corrected chi connectivity index (χ1v) is 8.77. The van der Waals surface area contributed by atoms with Gasteiger partial charge in [0, 0.05) is 39.3 Å². The number of halogens is 1. The van der Waals surface area contributed by atoms with Crippen LogP contribution < -0.4 is 10.6 Å². The van der Waals surface area contributed by atoms with Gasteiger partial charge in [0.1, 0.15) is 5.82 Å². The smallest absolute Gasteiger partial charge is 0.191 e. The zero-order valence-corrected chi connectivity index (χ0v) is 15.9. The maximum Gasteiger partial charge on any atom is 0.191 e. The maximum absolute atomic E-state index is 13.4. The van der Waals surface area contributed by atoms with Gasteiger partial charge >= 0.3 is 0 Å². The normalized spacial score (nSPS) is 12.3. The zero-order valence-electron chi connectivity index (χ0n) is 15.9. The summed E-state index contributed by atoms with van der Waals surface area (Å²) < 4.78 is 23.8. The number of nitrogens with one attached hydrogen (secondary N) is 2. The Morgan fingerprint density at radius 2 is 1.96 bits per heavy atom. The van der Waals surface area contributed by atoms with Gasteiger partial charge in [0.15, 0.2) is 5.96 Å². The Morgan fingerprint density at radius 1 is 1.16 bits per heavy atom. The monoisotopic (exact) mass is 353 g/mol. The molecular weight excluding hydrogens is 321 g/mol. The minimum atomic E-state index is -0.208. The fourth-order valence-electron chi connectivity index (χ4n) is 2.32. The molecule has 5 nitrogen and oxygen atoms in total. The minimum Gasteiger partial charge on any atom is -0.382 e. The molecule has 0 aromatic heterocycles. The summed E-state index contributed by atoms with van der Waals surface area (Å²) in [5.41, 5.74) is 0.762. The molecular formula is C19H32FN3O2. The number of hydrogen-bond acceptors (Lipinski definition) is 3. The lowest BCUT2D eigenvalue weighted by Gasteiger charge is -2.26. The summed E-state index contributed by atoms with van der Waals surface area (Å²) in [7, 11) is 3.42. The molecule has 0 amide bonds. The molecule has 0 spiro atoms. The number of aliphatic imine (C=N–C) groups is 1. The van der Waals surface area contributed by atoms with Gasteiger partial charge in [-0.05, 0) is 30.5 Å². The van der Waals surface area contributed by atoms with E-state index in [-0.39, 0.29) is 11.2 Å². The van der Waals surface area contributed by atoms with Crippen molar-refractivity contribution >= 4 is 5.96 Å². The first-order chi connectivity index (χ1) is 12.0. The van der Waals surface area contributed by atoms with Crippen LogP contribution in [0.2, 0.25) is 0 Å². The van der Waals surface area contributed by atoms with Crippen LogP contribution in [0.1, 0.15) is 32.3 Å². The molecule has 0 fully saturated rings. The topological polar surface area (TPSA) is 54.9 Å². The highest BCUT2D eigenvalue weighted by Gasteiger charge is 2.21. The molecule has 1 aromatic rings. The van der Waals surface area contributed by atoms with Crippen LogP contribution in [0.5, 0.6) is 0 Å². The molecule has 6 heteroatoms. The molecule has 25 heavy (non-hydrogen) atoms. The summed E-state index contributed by atoms with van der Waals surface area (Å²) in [4.78, 5) is 4.23. The van der Waals surface area contributed by atoms with Crippen LogP contribution in [0.4, 0.5) is 4.39 Å². The second kappa shape index (κ2) is 11.8. The van der Waals surface area contributed by atoms with Crippen molar-refractivity contribution in [3.8, 4) is 0 Å². The average Bonchev–Trinajstić information content (AvgIpc) is 2.60. The molecule has 0 saturated carbocycles. The summed E-state index contributed by atoms with van der Waals surface area (Å²) in [6, 6.07) is 6.74. The van der Waals surface area contributed by atoms with Crippen molar-refractivity contribution in [1.29, 1.82) is 0 Å². The number of nitrogens with zero attached hydrogens (tertiary/aromatic N) is 1. The highest BCUT2D eigenvalue weighted by molar-refractivity contribution is 5.79. The lowest BCUT2D eigenvalue weighted by atomic mass is 9.84. The highest BCUT2D eigenvalue weighted by Crippen LogP contribution is 2.22. The van der Waals surface area contributed by atoms with Crippen molar-refractivity contribution in [2.24, 2.45) is 4.99 Å². The minimum absolute atomic E-state index is 0.199. The van der Waals surface area contributed by atoms with Gasteiger partial charge in [-0.2, -0.15) is 0 Å². The molecule has 0 heterocycles. The van der Waals surface area contributed by atoms with E-state index in [9.17, 15) is 4.39 Å². The SMILES string of the molecule is CN=C(NCCCCOCCOC)NCC(C)(C)c1cccc(F)c1. The van der Waals surface area contributed by atoms with Gasteiger partial charge in [0.25, 0.3) is 0 Å². The van der Waals surface area contributed by atoms with E-state index in [4.69, 9.17) is 9.47 Å². The van der Waals surface area contributed by atoms with Crippen LogP contribution in [0.15, 0.2) is 29.3 Å². The van der Waals surface area contributed by atoms with Crippen molar-refractivity contribution < 1.29 is 13.9 Å². The Labute approximate surface area is 151 Å². The van der Waals surface area contributed by atoms with Crippen molar-refractivity contribution in [3.05, 3.63) is 35.6 Å². The van der Waals surface area contributed by atoms with Gasteiger partial charge in [-0.1, -0.05) is 26.0 Å². The van der Waals surface area contributed by atoms with Gasteiger partial charge in [-0.3, -0.25) is 4.99 Å². The third-order valence-corrected chi connectivity index (χ3v) is 3.97. The molecule has 0 aliphatic heterocycles. The third-order valence-electron chi connectivity index (χ3n) is 3.97. The summed E-state index contributed by atoms with van der Waals surface area (Å²) in [5.74, 6) is 0.547. The number of methoxy groups -OCH3 is 1. The van der Waals surface area contributed by atoms with Crippen LogP contribution >= 0.6 is 0 Å². The molecule has 1 aromatic carbocycles. The van der Waals surface area contributed by atoms with Gasteiger partial charge in [0.05, 0.1) is 13.2 Å². The van der Waals surface area contributed by atoms with Gasteiger partial charge in [0.2, 0.25) is 0 Å². The Bertz CT molecular complexity index is 521. The standard InChI is InChI=1S/C19H32FN3O2/c1-19(2,16-8-7-9-17(20)14-16)15-23-18(21-3)22-10-5-6-11-25-13-12-24-4/h7-9,14H,5-6,10-13,15H2,1-4H3,(H2,21,22,23). The fourth-order valence-corrected chi connectivity index (χ4v) is 2.32. The van der Waals surface area contributed by atoms with Crippen molar-refractivity contribution in [3.63, 3.8) is 0 Å². The Kier molecular flexibility index (Phi) is 10.1. The first-order valence-electron chi connectivity index (χ1n) is 8.77. The highest BCUT2D eigenvalue weighted by atomic mass is 19.1. The van der Waals surface area contributed by atoms with Crippen LogP contribution in [-0.2, 0) is 14.9 Å². The molecule has 0 unspecified atom stereocenters. The summed E-state index contributed by atoms with van der Waals surface area (Å²) >= 11 is 0. The number of ether oxygens (including phenoxy) is 2. The molecule has 0 aliphatic rings. The maximum atomic E-state index is 13.4. The number of rotatable bonds is 11. The summed E-state index contributed by atoms with van der Waals surface area (Å²) in [5, 5.41) is 6.61. The fraction of sp³-hybridized carbons (Fsp3) is 0.632. The Morgan fingerprint density at radius 3 is 2.64 bits per heavy atom. The predicted octanol–water partition coefficient (Wildman–Crippen LogP) is 2.71. The van der Waals surface area contributed by atoms with Gasteiger partial charge < -0.3 is 20.1 Å². The molecule has 0 atom stereocenters. The van der Waals surface area contributed by atoms with E-state index in [1.807, 2.05) is 6.07 Å². The quantitative estimate of drug-likeness (QED) is 0.365. The van der Waals surface area contributed by atoms with E-state index in [0.29, 0.717) is 19.8 Å². The van der Waals surface area contributed by atoms with Crippen LogP contribution in [0.25, 0.3) is 0 Å². The second-order valence-electron chi connectivity index (χ2n) is 6.56. The predicted molar refractivity (Wildman–Crippen MR) is 101 cm³/mol. The number of unbranched alkanes of at least 4 members (excludes halogenated alkanes) is 1. The lowest BCUT2D eigenvalue weighted by molar-refractivity contribution is 0.0689. The van der Waals surface area contributed by atoms with E-state index in [1.165, 1.54) is 6.07 Å². The van der Waals surface area contributed by atoms with E-state index in [1.54, 1.807) is 26.3 Å². The van der Waals surface area contributed by atoms with Crippen LogP contribution in [0.3, 0.4) is 0 Å². The van der Waals surface area contributed by atoms with Crippen LogP contribution in [-0.4, -0.2) is 53.0 Å². The molecule has 142 valence electrons. The van der Waals surface area contributed by atoms with Gasteiger partial charge in [-0.15, -0.1) is 0 Å². The lowest BCUT2D eigenvalue weighted by Crippen LogP contribution is -2.43. The van der Waals surface area contributed by atoms with Crippen molar-refractivity contribution in [2.45, 2.75) is 32.1 Å². The number of guanidine groups is 1. The van der Waals surface area contributed by atoms with Crippen molar-refractivity contribution in [1.82, 2.24) is 10.6 Å². The van der Waals surface area contributed by atoms with E-state index >= 15 is 0 Å². The third kappa shape index (κ3) is 8.84. The zero-order chi connectivity index (χ0) is 18.5.